The molecule has 0 radical (unpaired) electrons. The first kappa shape index (κ1) is 24.3. The highest BCUT2D eigenvalue weighted by Gasteiger charge is 2.23. The molecule has 0 bridgehead atoms. The molecule has 2 aliphatic rings. The zero-order valence-electron chi connectivity index (χ0n) is 20.7. The van der Waals surface area contributed by atoms with Crippen LogP contribution in [0.5, 0.6) is 0 Å². The molecule has 1 amide bonds. The van der Waals surface area contributed by atoms with Gasteiger partial charge in [0.25, 0.3) is 0 Å². The predicted molar refractivity (Wildman–Crippen MR) is 141 cm³/mol. The van der Waals surface area contributed by atoms with Gasteiger partial charge in [0, 0.05) is 35.2 Å². The summed E-state index contributed by atoms with van der Waals surface area (Å²) in [5, 5.41) is 7.11. The van der Waals surface area contributed by atoms with Crippen molar-refractivity contribution in [3.8, 4) is 0 Å². The molecule has 0 unspecified atom stereocenters. The van der Waals surface area contributed by atoms with Crippen LogP contribution in [0.25, 0.3) is 0 Å². The first-order chi connectivity index (χ1) is 16.3. The molecular formula is C26H34N6OS. The van der Waals surface area contributed by atoms with Crippen molar-refractivity contribution in [3.05, 3.63) is 41.5 Å². The molecule has 0 atom stereocenters. The van der Waals surface area contributed by atoms with Gasteiger partial charge in [-0.3, -0.25) is 9.79 Å². The molecule has 7 nitrogen and oxygen atoms in total. The Bertz CT molecular complexity index is 1100. The van der Waals surface area contributed by atoms with Crippen molar-refractivity contribution >= 4 is 40.8 Å². The molecule has 1 aromatic heterocycles. The lowest BCUT2D eigenvalue weighted by molar-refractivity contribution is -0.119. The largest absolute Gasteiger partial charge is 0.357 e. The van der Waals surface area contributed by atoms with Gasteiger partial charge in [-0.25, -0.2) is 9.97 Å². The molecule has 1 saturated carbocycles. The summed E-state index contributed by atoms with van der Waals surface area (Å²) in [5.41, 5.74) is 3.05. The Balaban J connectivity index is 1.53. The lowest BCUT2D eigenvalue weighted by Crippen LogP contribution is -2.28. The van der Waals surface area contributed by atoms with Crippen LogP contribution in [0, 0.1) is 12.8 Å². The molecule has 2 heterocycles. The highest BCUT2D eigenvalue weighted by molar-refractivity contribution is 7.99. The van der Waals surface area contributed by atoms with Crippen LogP contribution in [-0.4, -0.2) is 41.3 Å². The third-order valence-corrected chi connectivity index (χ3v) is 7.27. The van der Waals surface area contributed by atoms with E-state index in [1.807, 2.05) is 31.2 Å². The van der Waals surface area contributed by atoms with E-state index in [1.165, 1.54) is 17.3 Å². The molecule has 2 aromatic rings. The van der Waals surface area contributed by atoms with Gasteiger partial charge in [-0.1, -0.05) is 12.8 Å². The minimum absolute atomic E-state index is 0.135. The number of carbonyl (C=O) groups is 1. The number of hydrogen-bond donors (Lipinski definition) is 2. The minimum atomic E-state index is 0.135. The normalized spacial score (nSPS) is 15.9. The number of carbonyl (C=O) groups excluding carboxylic acids is 1. The molecule has 1 aliphatic heterocycles. The van der Waals surface area contributed by atoms with Gasteiger partial charge in [0.15, 0.2) is 5.16 Å². The maximum atomic E-state index is 12.4. The van der Waals surface area contributed by atoms with E-state index in [9.17, 15) is 4.79 Å². The van der Waals surface area contributed by atoms with Gasteiger partial charge in [0.1, 0.15) is 17.5 Å². The molecular weight excluding hydrogens is 444 g/mol. The fraction of sp³-hybridized carbons (Fsp3) is 0.462. The summed E-state index contributed by atoms with van der Waals surface area (Å²) < 4.78 is 0. The van der Waals surface area contributed by atoms with Crippen LogP contribution in [0.3, 0.4) is 0 Å². The van der Waals surface area contributed by atoms with E-state index in [-0.39, 0.29) is 11.8 Å². The number of nitrogens with zero attached hydrogens (tertiary/aromatic N) is 4. The van der Waals surface area contributed by atoms with Crippen LogP contribution in [-0.2, 0) is 4.79 Å². The number of amidine groups is 1. The van der Waals surface area contributed by atoms with Crippen LogP contribution in [0.1, 0.15) is 52.0 Å². The SMILES string of the molecule is CC1=CC(Nc2nc(Sc3ccc(NC(=O)C4CCCC4)cc3)nc(N(C)C(C)C)c2C)=NC1. The van der Waals surface area contributed by atoms with E-state index in [4.69, 9.17) is 9.97 Å². The van der Waals surface area contributed by atoms with Crippen molar-refractivity contribution in [2.75, 3.05) is 29.1 Å². The predicted octanol–water partition coefficient (Wildman–Crippen LogP) is 5.68. The fourth-order valence-electron chi connectivity index (χ4n) is 4.12. The van der Waals surface area contributed by atoms with E-state index < -0.39 is 0 Å². The van der Waals surface area contributed by atoms with E-state index >= 15 is 0 Å². The lowest BCUT2D eigenvalue weighted by Gasteiger charge is -2.25. The number of aromatic nitrogens is 2. The summed E-state index contributed by atoms with van der Waals surface area (Å²) in [6.45, 7) is 9.12. The van der Waals surface area contributed by atoms with Crippen molar-refractivity contribution in [2.24, 2.45) is 10.9 Å². The summed E-state index contributed by atoms with van der Waals surface area (Å²) in [5.74, 6) is 2.78. The van der Waals surface area contributed by atoms with Crippen LogP contribution < -0.4 is 15.5 Å². The van der Waals surface area contributed by atoms with Gasteiger partial charge < -0.3 is 15.5 Å². The smallest absolute Gasteiger partial charge is 0.227 e. The van der Waals surface area contributed by atoms with E-state index in [2.05, 4.69) is 54.4 Å². The number of benzene rings is 1. The van der Waals surface area contributed by atoms with Gasteiger partial charge in [-0.2, -0.15) is 0 Å². The Hall–Kier alpha value is -2.87. The van der Waals surface area contributed by atoms with Crippen LogP contribution in [0.4, 0.5) is 17.3 Å². The van der Waals surface area contributed by atoms with Gasteiger partial charge >= 0.3 is 0 Å². The van der Waals surface area contributed by atoms with Gasteiger partial charge in [0.05, 0.1) is 6.54 Å². The number of aliphatic imine (C=N–C) groups is 1. The van der Waals surface area contributed by atoms with Crippen molar-refractivity contribution in [1.29, 1.82) is 0 Å². The third kappa shape index (κ3) is 5.78. The van der Waals surface area contributed by atoms with Crippen molar-refractivity contribution < 1.29 is 4.79 Å². The van der Waals surface area contributed by atoms with Crippen LogP contribution in [0.2, 0.25) is 0 Å². The average molecular weight is 479 g/mol. The minimum Gasteiger partial charge on any atom is -0.357 e. The Morgan fingerprint density at radius 1 is 1.12 bits per heavy atom. The lowest BCUT2D eigenvalue weighted by atomic mass is 10.1. The summed E-state index contributed by atoms with van der Waals surface area (Å²) >= 11 is 1.51. The number of anilines is 3. The first-order valence-electron chi connectivity index (χ1n) is 12.0. The average Bonchev–Trinajstić information content (AvgIpc) is 3.49. The third-order valence-electron chi connectivity index (χ3n) is 6.39. The number of nitrogens with one attached hydrogen (secondary N) is 2. The molecule has 1 fully saturated rings. The second-order valence-corrected chi connectivity index (χ2v) is 10.5. The Kier molecular flexibility index (Phi) is 7.56. The standard InChI is InChI=1S/C26H34N6OS/c1-16(2)32(5)24-18(4)23(29-22-14-17(3)15-27-22)30-26(31-24)34-21-12-10-20(11-13-21)28-25(33)19-8-6-7-9-19/h10-14,16,19H,6-9,15H2,1-5H3,(H,28,33)(H,27,29,30,31). The highest BCUT2D eigenvalue weighted by atomic mass is 32.2. The van der Waals surface area contributed by atoms with E-state index in [0.29, 0.717) is 11.2 Å². The Labute approximate surface area is 206 Å². The zero-order valence-corrected chi connectivity index (χ0v) is 21.5. The monoisotopic (exact) mass is 478 g/mol. The number of hydrogen-bond acceptors (Lipinski definition) is 7. The molecule has 0 spiro atoms. The molecule has 1 aliphatic carbocycles. The molecule has 8 heteroatoms. The van der Waals surface area contributed by atoms with Crippen molar-refractivity contribution in [3.63, 3.8) is 0 Å². The topological polar surface area (TPSA) is 82.5 Å². The number of rotatable bonds is 7. The molecule has 2 N–H and O–H groups in total. The second kappa shape index (κ2) is 10.6. The molecule has 0 saturated heterocycles. The summed E-state index contributed by atoms with van der Waals surface area (Å²) in [7, 11) is 2.05. The second-order valence-electron chi connectivity index (χ2n) is 9.42. The van der Waals surface area contributed by atoms with Gasteiger partial charge in [0.2, 0.25) is 5.91 Å². The maximum Gasteiger partial charge on any atom is 0.227 e. The first-order valence-corrected chi connectivity index (χ1v) is 12.8. The molecule has 4 rings (SSSR count). The fourth-order valence-corrected chi connectivity index (χ4v) is 4.87. The quantitative estimate of drug-likeness (QED) is 0.498. The Morgan fingerprint density at radius 3 is 2.44 bits per heavy atom. The summed E-state index contributed by atoms with van der Waals surface area (Å²) in [4.78, 5) is 29.8. The summed E-state index contributed by atoms with van der Waals surface area (Å²) in [6.07, 6.45) is 6.35. The molecule has 1 aromatic carbocycles. The maximum absolute atomic E-state index is 12.4. The van der Waals surface area contributed by atoms with Crippen molar-refractivity contribution in [1.82, 2.24) is 9.97 Å². The Morgan fingerprint density at radius 2 is 1.82 bits per heavy atom. The molecule has 180 valence electrons. The van der Waals surface area contributed by atoms with Crippen LogP contribution in [0.15, 0.2) is 51.0 Å². The molecule has 34 heavy (non-hydrogen) atoms. The van der Waals surface area contributed by atoms with Crippen LogP contribution >= 0.6 is 11.8 Å². The zero-order chi connectivity index (χ0) is 24.2. The highest BCUT2D eigenvalue weighted by Crippen LogP contribution is 2.32. The van der Waals surface area contributed by atoms with Crippen molar-refractivity contribution in [2.45, 2.75) is 69.5 Å². The van der Waals surface area contributed by atoms with E-state index in [0.717, 1.165) is 65.8 Å². The van der Waals surface area contributed by atoms with E-state index in [1.54, 1.807) is 0 Å². The number of amides is 1. The van der Waals surface area contributed by atoms with Gasteiger partial charge in [-0.05, 0) is 88.2 Å². The summed E-state index contributed by atoms with van der Waals surface area (Å²) in [6, 6.07) is 8.21. The van der Waals surface area contributed by atoms with Gasteiger partial charge in [-0.15, -0.1) is 0 Å².